The first-order valence-electron chi connectivity index (χ1n) is 5.46. The van der Waals surface area contributed by atoms with Crippen LogP contribution in [0.5, 0.6) is 5.75 Å². The van der Waals surface area contributed by atoms with Crippen LogP contribution in [-0.4, -0.2) is 12.1 Å². The van der Waals surface area contributed by atoms with Crippen LogP contribution in [0.2, 0.25) is 0 Å². The normalized spacial score (nSPS) is 12.2. The van der Waals surface area contributed by atoms with Crippen LogP contribution in [0.15, 0.2) is 42.6 Å². The van der Waals surface area contributed by atoms with E-state index in [1.165, 1.54) is 13.2 Å². The van der Waals surface area contributed by atoms with E-state index in [4.69, 9.17) is 10.6 Å². The number of benzene rings is 1. The van der Waals surface area contributed by atoms with Gasteiger partial charge in [-0.05, 0) is 29.8 Å². The maximum absolute atomic E-state index is 13.6. The van der Waals surface area contributed by atoms with Gasteiger partial charge in [-0.2, -0.15) is 0 Å². The summed E-state index contributed by atoms with van der Waals surface area (Å²) in [7, 11) is 1.43. The lowest BCUT2D eigenvalue weighted by atomic mass is 10.0. The van der Waals surface area contributed by atoms with Crippen LogP contribution in [0.1, 0.15) is 17.3 Å². The zero-order valence-electron chi connectivity index (χ0n) is 9.93. The number of rotatable bonds is 4. The van der Waals surface area contributed by atoms with E-state index in [0.29, 0.717) is 5.56 Å². The molecule has 2 aromatic rings. The van der Waals surface area contributed by atoms with Crippen molar-refractivity contribution in [1.29, 1.82) is 0 Å². The molecule has 4 nitrogen and oxygen atoms in total. The molecule has 0 saturated carbocycles. The Morgan fingerprint density at radius 2 is 2.17 bits per heavy atom. The van der Waals surface area contributed by atoms with E-state index in [9.17, 15) is 4.39 Å². The monoisotopic (exact) mass is 247 g/mol. The fourth-order valence-electron chi connectivity index (χ4n) is 1.76. The predicted molar refractivity (Wildman–Crippen MR) is 66.4 cm³/mol. The molecule has 0 amide bonds. The summed E-state index contributed by atoms with van der Waals surface area (Å²) < 4.78 is 18.5. The van der Waals surface area contributed by atoms with Crippen molar-refractivity contribution in [2.75, 3.05) is 7.11 Å². The summed E-state index contributed by atoms with van der Waals surface area (Å²) in [6.45, 7) is 0. The Kier molecular flexibility index (Phi) is 3.86. The van der Waals surface area contributed by atoms with E-state index < -0.39 is 5.82 Å². The molecule has 94 valence electrons. The molecule has 3 N–H and O–H groups in total. The molecular weight excluding hydrogens is 233 g/mol. The Morgan fingerprint density at radius 3 is 2.72 bits per heavy atom. The zero-order valence-corrected chi connectivity index (χ0v) is 9.93. The van der Waals surface area contributed by atoms with Crippen molar-refractivity contribution < 1.29 is 9.13 Å². The number of nitrogens with one attached hydrogen (secondary N) is 1. The van der Waals surface area contributed by atoms with Gasteiger partial charge in [0.15, 0.2) is 11.6 Å². The van der Waals surface area contributed by atoms with Crippen molar-refractivity contribution in [2.45, 2.75) is 6.04 Å². The third-order valence-corrected chi connectivity index (χ3v) is 2.66. The van der Waals surface area contributed by atoms with Crippen molar-refractivity contribution in [1.82, 2.24) is 10.4 Å². The molecule has 0 aliphatic carbocycles. The molecule has 0 saturated heterocycles. The average Bonchev–Trinajstić information content (AvgIpc) is 2.41. The first kappa shape index (κ1) is 12.5. The Morgan fingerprint density at radius 1 is 1.33 bits per heavy atom. The smallest absolute Gasteiger partial charge is 0.165 e. The van der Waals surface area contributed by atoms with Gasteiger partial charge in [-0.3, -0.25) is 10.8 Å². The highest BCUT2D eigenvalue weighted by atomic mass is 19.1. The van der Waals surface area contributed by atoms with Gasteiger partial charge in [0.1, 0.15) is 0 Å². The van der Waals surface area contributed by atoms with Gasteiger partial charge in [0.2, 0.25) is 0 Å². The molecule has 18 heavy (non-hydrogen) atoms. The van der Waals surface area contributed by atoms with Crippen molar-refractivity contribution in [3.8, 4) is 5.75 Å². The molecule has 2 rings (SSSR count). The number of hydrazine groups is 1. The molecular formula is C13H14FN3O. The summed E-state index contributed by atoms with van der Waals surface area (Å²) in [5.41, 5.74) is 4.05. The number of nitrogens with zero attached hydrogens (tertiary/aromatic N) is 1. The second kappa shape index (κ2) is 5.57. The number of aromatic nitrogens is 1. The molecule has 0 bridgehead atoms. The van der Waals surface area contributed by atoms with Crippen molar-refractivity contribution >= 4 is 0 Å². The molecule has 0 spiro atoms. The molecule has 5 heteroatoms. The van der Waals surface area contributed by atoms with Crippen LogP contribution in [0.25, 0.3) is 0 Å². The van der Waals surface area contributed by atoms with E-state index in [1.807, 2.05) is 18.2 Å². The highest BCUT2D eigenvalue weighted by Crippen LogP contribution is 2.24. The fourth-order valence-corrected chi connectivity index (χ4v) is 1.76. The first-order chi connectivity index (χ1) is 8.76. The largest absolute Gasteiger partial charge is 0.494 e. The maximum atomic E-state index is 13.6. The third kappa shape index (κ3) is 2.47. The molecule has 0 aliphatic heterocycles. The molecule has 0 radical (unpaired) electrons. The first-order valence-corrected chi connectivity index (χ1v) is 5.46. The topological polar surface area (TPSA) is 60.2 Å². The second-order valence-corrected chi connectivity index (χ2v) is 3.75. The number of ether oxygens (including phenoxy) is 1. The minimum atomic E-state index is -0.425. The quantitative estimate of drug-likeness (QED) is 0.638. The summed E-state index contributed by atoms with van der Waals surface area (Å²) in [5, 5.41) is 0. The van der Waals surface area contributed by atoms with Gasteiger partial charge >= 0.3 is 0 Å². The summed E-state index contributed by atoms with van der Waals surface area (Å²) in [6, 6.07) is 9.84. The van der Waals surface area contributed by atoms with Crippen molar-refractivity contribution in [2.24, 2.45) is 5.84 Å². The highest BCUT2D eigenvalue weighted by Gasteiger charge is 2.15. The van der Waals surface area contributed by atoms with Gasteiger partial charge in [0.25, 0.3) is 0 Å². The Balaban J connectivity index is 2.37. The number of nitrogens with two attached hydrogens (primary N) is 1. The SMILES string of the molecule is COc1ccc(C(NN)c2ccccn2)cc1F. The summed E-state index contributed by atoms with van der Waals surface area (Å²) in [4.78, 5) is 4.20. The summed E-state index contributed by atoms with van der Waals surface area (Å²) >= 11 is 0. The van der Waals surface area contributed by atoms with E-state index in [1.54, 1.807) is 18.3 Å². The van der Waals surface area contributed by atoms with Crippen LogP contribution in [0.4, 0.5) is 4.39 Å². The zero-order chi connectivity index (χ0) is 13.0. The minimum Gasteiger partial charge on any atom is -0.494 e. The van der Waals surface area contributed by atoms with Crippen molar-refractivity contribution in [3.05, 3.63) is 59.7 Å². The standard InChI is InChI=1S/C13H14FN3O/c1-18-12-6-5-9(8-10(12)14)13(17-15)11-4-2-3-7-16-11/h2-8,13,17H,15H2,1H3. The Bertz CT molecular complexity index is 519. The predicted octanol–water partition coefficient (Wildman–Crippen LogP) is 1.78. The van der Waals surface area contributed by atoms with E-state index in [0.717, 1.165) is 5.69 Å². The maximum Gasteiger partial charge on any atom is 0.165 e. The number of hydrogen-bond acceptors (Lipinski definition) is 4. The molecule has 1 aromatic carbocycles. The number of pyridine rings is 1. The Labute approximate surface area is 105 Å². The van der Waals surface area contributed by atoms with Crippen LogP contribution in [-0.2, 0) is 0 Å². The molecule has 0 aliphatic rings. The minimum absolute atomic E-state index is 0.204. The van der Waals surface area contributed by atoms with Crippen LogP contribution >= 0.6 is 0 Å². The van der Waals surface area contributed by atoms with Crippen LogP contribution in [0.3, 0.4) is 0 Å². The summed E-state index contributed by atoms with van der Waals surface area (Å²) in [5.74, 6) is 5.29. The molecule has 1 aromatic heterocycles. The number of halogens is 1. The van der Waals surface area contributed by atoms with Gasteiger partial charge in [0.05, 0.1) is 18.8 Å². The van der Waals surface area contributed by atoms with Crippen LogP contribution in [0, 0.1) is 5.82 Å². The van der Waals surface area contributed by atoms with Gasteiger partial charge in [-0.25, -0.2) is 9.82 Å². The van der Waals surface area contributed by atoms with E-state index in [-0.39, 0.29) is 11.8 Å². The molecule has 1 atom stereocenters. The average molecular weight is 247 g/mol. The third-order valence-electron chi connectivity index (χ3n) is 2.66. The number of hydrogen-bond donors (Lipinski definition) is 2. The molecule has 1 heterocycles. The fraction of sp³-hybridized carbons (Fsp3) is 0.154. The lowest BCUT2D eigenvalue weighted by Gasteiger charge is -2.16. The molecule has 1 unspecified atom stereocenters. The van der Waals surface area contributed by atoms with Gasteiger partial charge in [-0.15, -0.1) is 0 Å². The number of methoxy groups -OCH3 is 1. The van der Waals surface area contributed by atoms with Crippen molar-refractivity contribution in [3.63, 3.8) is 0 Å². The lowest BCUT2D eigenvalue weighted by Crippen LogP contribution is -2.29. The van der Waals surface area contributed by atoms with Crippen LogP contribution < -0.4 is 16.0 Å². The second-order valence-electron chi connectivity index (χ2n) is 3.75. The Hall–Kier alpha value is -1.98. The van der Waals surface area contributed by atoms with E-state index >= 15 is 0 Å². The van der Waals surface area contributed by atoms with Gasteiger partial charge in [-0.1, -0.05) is 12.1 Å². The van der Waals surface area contributed by atoms with Gasteiger partial charge < -0.3 is 4.74 Å². The lowest BCUT2D eigenvalue weighted by molar-refractivity contribution is 0.385. The van der Waals surface area contributed by atoms with Gasteiger partial charge in [0, 0.05) is 6.20 Å². The molecule has 0 fully saturated rings. The van der Waals surface area contributed by atoms with E-state index in [2.05, 4.69) is 10.4 Å². The highest BCUT2D eigenvalue weighted by molar-refractivity contribution is 5.34. The summed E-state index contributed by atoms with van der Waals surface area (Å²) in [6.07, 6.45) is 1.67.